The van der Waals surface area contributed by atoms with Gasteiger partial charge in [-0.3, -0.25) is 0 Å². The zero-order valence-corrected chi connectivity index (χ0v) is 14.2. The number of rotatable bonds is 5. The van der Waals surface area contributed by atoms with Crippen molar-refractivity contribution in [3.8, 4) is 17.2 Å². The molecule has 0 unspecified atom stereocenters. The molecule has 0 aliphatic carbocycles. The largest absolute Gasteiger partial charge is 0.507 e. The highest BCUT2D eigenvalue weighted by Gasteiger charge is 2.12. The zero-order chi connectivity index (χ0) is 16.3. The van der Waals surface area contributed by atoms with E-state index in [2.05, 4.69) is 22.6 Å². The van der Waals surface area contributed by atoms with Crippen LogP contribution in [0.25, 0.3) is 0 Å². The van der Waals surface area contributed by atoms with E-state index in [0.29, 0.717) is 5.75 Å². The molecule has 0 atom stereocenters. The number of aromatic hydroxyl groups is 1. The summed E-state index contributed by atoms with van der Waals surface area (Å²) < 4.78 is 12.1. The Kier molecular flexibility index (Phi) is 5.12. The molecule has 0 aromatic heterocycles. The SMILES string of the molecule is COc1c(C)cc(I)cc1COc1ccc(C(=O)O)c(O)c1. The van der Waals surface area contributed by atoms with Crippen LogP contribution in [0.15, 0.2) is 30.3 Å². The number of benzene rings is 2. The number of carboxylic acid groups (broad SMARTS) is 1. The lowest BCUT2D eigenvalue weighted by atomic mass is 10.1. The van der Waals surface area contributed by atoms with Gasteiger partial charge >= 0.3 is 5.97 Å². The normalized spacial score (nSPS) is 10.3. The lowest BCUT2D eigenvalue weighted by Crippen LogP contribution is -2.02. The third-order valence-electron chi connectivity index (χ3n) is 3.11. The Morgan fingerprint density at radius 1 is 1.27 bits per heavy atom. The second-order valence-corrected chi connectivity index (χ2v) is 5.93. The van der Waals surface area contributed by atoms with Crippen molar-refractivity contribution in [3.05, 3.63) is 50.6 Å². The molecular weight excluding hydrogens is 399 g/mol. The van der Waals surface area contributed by atoms with E-state index < -0.39 is 5.97 Å². The Morgan fingerprint density at radius 3 is 2.59 bits per heavy atom. The van der Waals surface area contributed by atoms with Gasteiger partial charge in [0.1, 0.15) is 29.4 Å². The highest BCUT2D eigenvalue weighted by atomic mass is 127. The zero-order valence-electron chi connectivity index (χ0n) is 12.1. The molecule has 116 valence electrons. The maximum absolute atomic E-state index is 10.9. The van der Waals surface area contributed by atoms with Crippen molar-refractivity contribution in [2.24, 2.45) is 0 Å². The van der Waals surface area contributed by atoms with E-state index >= 15 is 0 Å². The number of carboxylic acids is 1. The number of aromatic carboxylic acids is 1. The molecule has 0 saturated heterocycles. The second kappa shape index (κ2) is 6.87. The van der Waals surface area contributed by atoms with Gasteiger partial charge in [0.05, 0.1) is 7.11 Å². The van der Waals surface area contributed by atoms with Crippen LogP contribution < -0.4 is 9.47 Å². The monoisotopic (exact) mass is 414 g/mol. The summed E-state index contributed by atoms with van der Waals surface area (Å²) in [6.07, 6.45) is 0. The number of ether oxygens (including phenoxy) is 2. The summed E-state index contributed by atoms with van der Waals surface area (Å²) in [5, 5.41) is 18.5. The van der Waals surface area contributed by atoms with Crippen molar-refractivity contribution in [2.75, 3.05) is 7.11 Å². The first-order valence-corrected chi connectivity index (χ1v) is 7.52. The average molecular weight is 414 g/mol. The van der Waals surface area contributed by atoms with Crippen LogP contribution in [0, 0.1) is 10.5 Å². The topological polar surface area (TPSA) is 76.0 Å². The number of carbonyl (C=O) groups is 1. The molecule has 0 saturated carbocycles. The molecule has 0 bridgehead atoms. The molecule has 2 rings (SSSR count). The molecule has 2 N–H and O–H groups in total. The highest BCUT2D eigenvalue weighted by Crippen LogP contribution is 2.29. The molecule has 0 aliphatic heterocycles. The average Bonchev–Trinajstić information content (AvgIpc) is 2.44. The fourth-order valence-electron chi connectivity index (χ4n) is 2.14. The van der Waals surface area contributed by atoms with Gasteiger partial charge in [0.15, 0.2) is 0 Å². The van der Waals surface area contributed by atoms with Crippen molar-refractivity contribution in [1.82, 2.24) is 0 Å². The molecule has 2 aromatic carbocycles. The van der Waals surface area contributed by atoms with Gasteiger partial charge in [0, 0.05) is 15.2 Å². The Balaban J connectivity index is 2.20. The molecule has 0 radical (unpaired) electrons. The number of hydrogen-bond donors (Lipinski definition) is 2. The summed E-state index contributed by atoms with van der Waals surface area (Å²) >= 11 is 2.22. The minimum Gasteiger partial charge on any atom is -0.507 e. The summed E-state index contributed by atoms with van der Waals surface area (Å²) in [5.74, 6) is -0.359. The van der Waals surface area contributed by atoms with Crippen molar-refractivity contribution in [2.45, 2.75) is 13.5 Å². The Hall–Kier alpha value is -1.96. The summed E-state index contributed by atoms with van der Waals surface area (Å²) in [6.45, 7) is 2.21. The van der Waals surface area contributed by atoms with Crippen LogP contribution in [0.3, 0.4) is 0 Å². The first-order chi connectivity index (χ1) is 10.4. The second-order valence-electron chi connectivity index (χ2n) is 4.69. The van der Waals surface area contributed by atoms with Crippen LogP contribution in [-0.2, 0) is 6.61 Å². The van der Waals surface area contributed by atoms with E-state index in [0.717, 1.165) is 20.4 Å². The van der Waals surface area contributed by atoms with Crippen LogP contribution >= 0.6 is 22.6 Å². The van der Waals surface area contributed by atoms with Gasteiger partial charge in [0.25, 0.3) is 0 Å². The van der Waals surface area contributed by atoms with E-state index in [-0.39, 0.29) is 17.9 Å². The van der Waals surface area contributed by atoms with Gasteiger partial charge < -0.3 is 19.7 Å². The molecule has 0 fully saturated rings. The van der Waals surface area contributed by atoms with Gasteiger partial charge in [0.2, 0.25) is 0 Å². The predicted molar refractivity (Wildman–Crippen MR) is 89.8 cm³/mol. The first kappa shape index (κ1) is 16.4. The summed E-state index contributed by atoms with van der Waals surface area (Å²) in [4.78, 5) is 10.9. The van der Waals surface area contributed by atoms with Gasteiger partial charge in [-0.05, 0) is 59.3 Å². The molecule has 22 heavy (non-hydrogen) atoms. The molecule has 0 heterocycles. The third kappa shape index (κ3) is 3.62. The number of hydrogen-bond acceptors (Lipinski definition) is 4. The highest BCUT2D eigenvalue weighted by molar-refractivity contribution is 14.1. The van der Waals surface area contributed by atoms with Crippen molar-refractivity contribution >= 4 is 28.6 Å². The Bertz CT molecular complexity index is 712. The van der Waals surface area contributed by atoms with Gasteiger partial charge in [-0.1, -0.05) is 0 Å². The number of phenols is 1. The number of methoxy groups -OCH3 is 1. The van der Waals surface area contributed by atoms with E-state index in [4.69, 9.17) is 14.6 Å². The van der Waals surface area contributed by atoms with Crippen molar-refractivity contribution in [1.29, 1.82) is 0 Å². The Labute approximate surface area is 141 Å². The van der Waals surface area contributed by atoms with Gasteiger partial charge in [-0.2, -0.15) is 0 Å². The van der Waals surface area contributed by atoms with E-state index in [1.165, 1.54) is 18.2 Å². The van der Waals surface area contributed by atoms with Crippen LogP contribution in [-0.4, -0.2) is 23.3 Å². The lowest BCUT2D eigenvalue weighted by Gasteiger charge is -2.13. The van der Waals surface area contributed by atoms with Crippen LogP contribution in [0.4, 0.5) is 0 Å². The third-order valence-corrected chi connectivity index (χ3v) is 3.74. The minimum absolute atomic E-state index is 0.157. The van der Waals surface area contributed by atoms with Gasteiger partial charge in [-0.15, -0.1) is 0 Å². The summed E-state index contributed by atoms with van der Waals surface area (Å²) in [7, 11) is 1.60. The van der Waals surface area contributed by atoms with E-state index in [9.17, 15) is 9.90 Å². The molecule has 5 nitrogen and oxygen atoms in total. The smallest absolute Gasteiger partial charge is 0.339 e. The maximum atomic E-state index is 10.9. The van der Waals surface area contributed by atoms with Crippen LogP contribution in [0.5, 0.6) is 17.2 Å². The summed E-state index contributed by atoms with van der Waals surface area (Å²) in [6, 6.07) is 8.07. The number of aryl methyl sites for hydroxylation is 1. The van der Waals surface area contributed by atoms with E-state index in [1.807, 2.05) is 19.1 Å². The van der Waals surface area contributed by atoms with Crippen molar-refractivity contribution in [3.63, 3.8) is 0 Å². The molecule has 0 amide bonds. The minimum atomic E-state index is -1.18. The van der Waals surface area contributed by atoms with Gasteiger partial charge in [-0.25, -0.2) is 4.79 Å². The summed E-state index contributed by atoms with van der Waals surface area (Å²) in [5.41, 5.74) is 1.74. The maximum Gasteiger partial charge on any atom is 0.339 e. The first-order valence-electron chi connectivity index (χ1n) is 6.44. The fraction of sp³-hybridized carbons (Fsp3) is 0.188. The molecule has 6 heteroatoms. The molecule has 0 spiro atoms. The molecular formula is C16H15IO5. The standard InChI is InChI=1S/C16H15IO5/c1-9-5-11(17)6-10(15(9)21-2)8-22-12-3-4-13(16(19)20)14(18)7-12/h3-7,18H,8H2,1-2H3,(H,19,20). The van der Waals surface area contributed by atoms with E-state index in [1.54, 1.807) is 7.11 Å². The molecule has 0 aliphatic rings. The van der Waals surface area contributed by atoms with Crippen molar-refractivity contribution < 1.29 is 24.5 Å². The molecule has 2 aromatic rings. The fourth-order valence-corrected chi connectivity index (χ4v) is 2.98. The van der Waals surface area contributed by atoms with Crippen LogP contribution in [0.1, 0.15) is 21.5 Å². The predicted octanol–water partition coefficient (Wildman–Crippen LogP) is 3.59. The lowest BCUT2D eigenvalue weighted by molar-refractivity contribution is 0.0693. The Morgan fingerprint density at radius 2 is 2.00 bits per heavy atom. The van der Waals surface area contributed by atoms with Crippen LogP contribution in [0.2, 0.25) is 0 Å². The number of halogens is 1. The quantitative estimate of drug-likeness (QED) is 0.732.